The van der Waals surface area contributed by atoms with Crippen LogP contribution in [0.4, 0.5) is 0 Å². The average Bonchev–Trinajstić information content (AvgIpc) is 3.19. The lowest BCUT2D eigenvalue weighted by atomic mass is 9.89. The summed E-state index contributed by atoms with van der Waals surface area (Å²) in [5.74, 6) is 2.46. The molecular weight excluding hydrogens is 492 g/mol. The minimum atomic E-state index is 0.315. The highest BCUT2D eigenvalue weighted by atomic mass is 16.5. The molecule has 5 rings (SSSR count). The van der Waals surface area contributed by atoms with E-state index in [-0.39, 0.29) is 0 Å². The maximum atomic E-state index is 13.2. The Bertz CT molecular complexity index is 1240. The third kappa shape index (κ3) is 7.62. The van der Waals surface area contributed by atoms with Crippen molar-refractivity contribution < 1.29 is 9.53 Å². The monoisotopic (exact) mass is 538 g/mol. The fourth-order valence-electron chi connectivity index (χ4n) is 6.27. The van der Waals surface area contributed by atoms with Crippen LogP contribution in [0.3, 0.4) is 0 Å². The summed E-state index contributed by atoms with van der Waals surface area (Å²) in [4.78, 5) is 18.3. The molecule has 0 spiro atoms. The number of ether oxygens (including phenoxy) is 1. The van der Waals surface area contributed by atoms with Gasteiger partial charge >= 0.3 is 0 Å². The molecule has 3 aromatic carbocycles. The number of piperidine rings is 1. The predicted octanol–water partition coefficient (Wildman–Crippen LogP) is 7.29. The first kappa shape index (κ1) is 28.6. The molecule has 2 aliphatic rings. The molecule has 0 aromatic heterocycles. The van der Waals surface area contributed by atoms with Crippen LogP contribution in [0.1, 0.15) is 83.6 Å². The predicted molar refractivity (Wildman–Crippen MR) is 164 cm³/mol. The van der Waals surface area contributed by atoms with Gasteiger partial charge in [0, 0.05) is 38.2 Å². The zero-order valence-corrected chi connectivity index (χ0v) is 24.7. The normalized spacial score (nSPS) is 17.0. The Hall–Kier alpha value is -2.95. The van der Waals surface area contributed by atoms with Crippen molar-refractivity contribution in [3.05, 3.63) is 100 Å². The lowest BCUT2D eigenvalue weighted by Crippen LogP contribution is -2.33. The highest BCUT2D eigenvalue weighted by molar-refractivity contribution is 5.96. The van der Waals surface area contributed by atoms with Crippen LogP contribution in [0.25, 0.3) is 0 Å². The number of carbonyl (C=O) groups is 1. The molecule has 0 unspecified atom stereocenters. The topological polar surface area (TPSA) is 32.8 Å². The Balaban J connectivity index is 1.06. The number of nitrogens with zero attached hydrogens (tertiary/aromatic N) is 2. The number of benzene rings is 3. The Kier molecular flexibility index (Phi) is 9.72. The van der Waals surface area contributed by atoms with E-state index >= 15 is 0 Å². The van der Waals surface area contributed by atoms with Crippen LogP contribution in [0, 0.1) is 5.92 Å². The zero-order valence-electron chi connectivity index (χ0n) is 24.7. The van der Waals surface area contributed by atoms with Crippen molar-refractivity contribution in [2.75, 3.05) is 33.3 Å². The molecule has 0 saturated carbocycles. The maximum absolute atomic E-state index is 13.2. The number of Topliss-reactive ketones (excluding diaryl/α,β-unsaturated/α-hetero) is 1. The van der Waals surface area contributed by atoms with Gasteiger partial charge < -0.3 is 4.74 Å². The number of carbonyl (C=O) groups excluding carboxylic acids is 1. The van der Waals surface area contributed by atoms with Crippen LogP contribution in [-0.2, 0) is 25.9 Å². The number of hydrogen-bond acceptors (Lipinski definition) is 4. The van der Waals surface area contributed by atoms with E-state index in [9.17, 15) is 4.79 Å². The number of fused-ring (bicyclic) bond motifs is 1. The second kappa shape index (κ2) is 13.6. The summed E-state index contributed by atoms with van der Waals surface area (Å²) < 4.78 is 5.29. The lowest BCUT2D eigenvalue weighted by Gasteiger charge is -2.32. The standard InChI is InChI=1S/C36H46N2O2/c1-27(2)31-9-4-29(5-10-31)25-37-20-16-28(17-21-37)8-15-36(39)34-12-11-32-18-22-38(23-19-33(32)24-34)26-30-6-13-35(40-3)14-7-30/h4-7,9-14,24,27-28H,8,15-23,25-26H2,1-3H3. The van der Waals surface area contributed by atoms with E-state index in [1.807, 2.05) is 12.1 Å². The van der Waals surface area contributed by atoms with Gasteiger partial charge in [0.1, 0.15) is 5.75 Å². The first-order chi connectivity index (χ1) is 19.5. The molecule has 2 aliphatic heterocycles. The molecule has 0 aliphatic carbocycles. The summed E-state index contributed by atoms with van der Waals surface area (Å²) >= 11 is 0. The van der Waals surface area contributed by atoms with E-state index in [4.69, 9.17) is 4.74 Å². The Labute approximate surface area is 241 Å². The number of methoxy groups -OCH3 is 1. The van der Waals surface area contributed by atoms with Gasteiger partial charge in [-0.05, 0) is 103 Å². The van der Waals surface area contributed by atoms with Crippen molar-refractivity contribution >= 4 is 5.78 Å². The second-order valence-electron chi connectivity index (χ2n) is 12.2. The minimum Gasteiger partial charge on any atom is -0.497 e. The average molecular weight is 539 g/mol. The van der Waals surface area contributed by atoms with Crippen LogP contribution < -0.4 is 4.74 Å². The summed E-state index contributed by atoms with van der Waals surface area (Å²) in [5.41, 5.74) is 7.80. The third-order valence-electron chi connectivity index (χ3n) is 9.03. The quantitative estimate of drug-likeness (QED) is 0.254. The summed E-state index contributed by atoms with van der Waals surface area (Å²) in [5, 5.41) is 0. The second-order valence-corrected chi connectivity index (χ2v) is 12.2. The van der Waals surface area contributed by atoms with Crippen LogP contribution in [0.15, 0.2) is 66.7 Å². The van der Waals surface area contributed by atoms with Crippen molar-refractivity contribution in [2.24, 2.45) is 5.92 Å². The molecule has 1 fully saturated rings. The summed E-state index contributed by atoms with van der Waals surface area (Å²) in [6.45, 7) is 10.8. The van der Waals surface area contributed by atoms with Gasteiger partial charge in [-0.15, -0.1) is 0 Å². The Morgan fingerprint density at radius 3 is 2.02 bits per heavy atom. The van der Waals surface area contributed by atoms with E-state index in [2.05, 4.69) is 78.2 Å². The van der Waals surface area contributed by atoms with Crippen molar-refractivity contribution in [3.8, 4) is 5.75 Å². The molecule has 0 bridgehead atoms. The van der Waals surface area contributed by atoms with E-state index in [1.54, 1.807) is 7.11 Å². The molecule has 0 atom stereocenters. The lowest BCUT2D eigenvalue weighted by molar-refractivity contribution is 0.0961. The largest absolute Gasteiger partial charge is 0.497 e. The molecule has 212 valence electrons. The summed E-state index contributed by atoms with van der Waals surface area (Å²) in [6, 6.07) is 24.0. The van der Waals surface area contributed by atoms with Crippen LogP contribution in [0.2, 0.25) is 0 Å². The SMILES string of the molecule is COc1ccc(CN2CCc3ccc(C(=O)CCC4CCN(Cc5ccc(C(C)C)cc5)CC4)cc3CC2)cc1. The van der Waals surface area contributed by atoms with Gasteiger partial charge in [-0.2, -0.15) is 0 Å². The van der Waals surface area contributed by atoms with E-state index in [0.29, 0.717) is 24.0 Å². The molecule has 1 saturated heterocycles. The molecule has 2 heterocycles. The molecule has 40 heavy (non-hydrogen) atoms. The fraction of sp³-hybridized carbons (Fsp3) is 0.472. The van der Waals surface area contributed by atoms with Gasteiger partial charge in [0.05, 0.1) is 7.11 Å². The molecular formula is C36H46N2O2. The van der Waals surface area contributed by atoms with E-state index < -0.39 is 0 Å². The molecule has 0 radical (unpaired) electrons. The first-order valence-electron chi connectivity index (χ1n) is 15.3. The van der Waals surface area contributed by atoms with Crippen molar-refractivity contribution in [1.29, 1.82) is 0 Å². The first-order valence-corrected chi connectivity index (χ1v) is 15.3. The van der Waals surface area contributed by atoms with E-state index in [1.165, 1.54) is 40.7 Å². The molecule has 0 amide bonds. The van der Waals surface area contributed by atoms with Crippen molar-refractivity contribution in [3.63, 3.8) is 0 Å². The molecule has 0 N–H and O–H groups in total. The van der Waals surface area contributed by atoms with Gasteiger partial charge in [-0.25, -0.2) is 0 Å². The Morgan fingerprint density at radius 1 is 0.800 bits per heavy atom. The molecule has 4 nitrogen and oxygen atoms in total. The minimum absolute atomic E-state index is 0.315. The van der Waals surface area contributed by atoms with Gasteiger partial charge in [-0.3, -0.25) is 14.6 Å². The van der Waals surface area contributed by atoms with E-state index in [0.717, 1.165) is 69.8 Å². The number of likely N-dealkylation sites (tertiary alicyclic amines) is 1. The third-order valence-corrected chi connectivity index (χ3v) is 9.03. The van der Waals surface area contributed by atoms with Gasteiger partial charge in [-0.1, -0.05) is 62.4 Å². The highest BCUT2D eigenvalue weighted by Crippen LogP contribution is 2.26. The maximum Gasteiger partial charge on any atom is 0.162 e. The highest BCUT2D eigenvalue weighted by Gasteiger charge is 2.21. The number of rotatable bonds is 10. The number of ketones is 1. The zero-order chi connectivity index (χ0) is 27.9. The smallest absolute Gasteiger partial charge is 0.162 e. The molecule has 3 aromatic rings. The van der Waals surface area contributed by atoms with Gasteiger partial charge in [0.25, 0.3) is 0 Å². The van der Waals surface area contributed by atoms with Crippen LogP contribution in [0.5, 0.6) is 5.75 Å². The van der Waals surface area contributed by atoms with Gasteiger partial charge in [0.15, 0.2) is 5.78 Å². The van der Waals surface area contributed by atoms with Crippen molar-refractivity contribution in [2.45, 2.75) is 71.4 Å². The van der Waals surface area contributed by atoms with Gasteiger partial charge in [0.2, 0.25) is 0 Å². The van der Waals surface area contributed by atoms with Crippen LogP contribution >= 0.6 is 0 Å². The van der Waals surface area contributed by atoms with Crippen molar-refractivity contribution in [1.82, 2.24) is 9.80 Å². The Morgan fingerprint density at radius 2 is 1.40 bits per heavy atom. The summed E-state index contributed by atoms with van der Waals surface area (Å²) in [7, 11) is 1.71. The number of hydrogen-bond donors (Lipinski definition) is 0. The molecule has 4 heteroatoms. The summed E-state index contributed by atoms with van der Waals surface area (Å²) in [6.07, 6.45) is 6.13. The fourth-order valence-corrected chi connectivity index (χ4v) is 6.27. The van der Waals surface area contributed by atoms with Crippen LogP contribution in [-0.4, -0.2) is 48.9 Å².